The lowest BCUT2D eigenvalue weighted by molar-refractivity contribution is 0.735. The van der Waals surface area contributed by atoms with Crippen LogP contribution in [0.4, 0.5) is 0 Å². The molecule has 0 saturated carbocycles. The van der Waals surface area contributed by atoms with Crippen LogP contribution in [0.15, 0.2) is 30.7 Å². The van der Waals surface area contributed by atoms with Crippen molar-refractivity contribution < 1.29 is 0 Å². The van der Waals surface area contributed by atoms with Crippen molar-refractivity contribution in [2.24, 2.45) is 5.92 Å². The van der Waals surface area contributed by atoms with E-state index in [1.54, 1.807) is 0 Å². The van der Waals surface area contributed by atoms with Crippen LogP contribution in [0.25, 0.3) is 16.6 Å². The highest BCUT2D eigenvalue weighted by molar-refractivity contribution is 5.91. The number of rotatable bonds is 1. The maximum absolute atomic E-state index is 4.30. The van der Waals surface area contributed by atoms with E-state index in [2.05, 4.69) is 34.5 Å². The lowest BCUT2D eigenvalue weighted by Crippen LogP contribution is -2.05. The number of H-pyrrole nitrogens is 1. The fourth-order valence-electron chi connectivity index (χ4n) is 2.14. The van der Waals surface area contributed by atoms with E-state index in [0.29, 0.717) is 5.92 Å². The van der Waals surface area contributed by atoms with Crippen molar-refractivity contribution in [1.29, 1.82) is 0 Å². The van der Waals surface area contributed by atoms with Crippen LogP contribution < -0.4 is 5.32 Å². The Hall–Kier alpha value is -1.77. The third kappa shape index (κ3) is 1.23. The van der Waals surface area contributed by atoms with Crippen LogP contribution in [0.3, 0.4) is 0 Å². The maximum atomic E-state index is 4.30. The fourth-order valence-corrected chi connectivity index (χ4v) is 2.14. The molecule has 2 N–H and O–H groups in total. The van der Waals surface area contributed by atoms with Gasteiger partial charge in [-0.15, -0.1) is 0 Å². The molecule has 3 rings (SSSR count). The molecule has 0 unspecified atom stereocenters. The summed E-state index contributed by atoms with van der Waals surface area (Å²) in [4.78, 5) is 7.50. The predicted molar refractivity (Wildman–Crippen MR) is 61.2 cm³/mol. The van der Waals surface area contributed by atoms with Gasteiger partial charge in [0.15, 0.2) is 0 Å². The van der Waals surface area contributed by atoms with Crippen molar-refractivity contribution in [1.82, 2.24) is 15.3 Å². The molecule has 0 radical (unpaired) electrons. The summed E-state index contributed by atoms with van der Waals surface area (Å²) in [7, 11) is 0. The van der Waals surface area contributed by atoms with Gasteiger partial charge in [-0.25, -0.2) is 4.98 Å². The van der Waals surface area contributed by atoms with Gasteiger partial charge in [0.05, 0.1) is 0 Å². The molecule has 0 spiro atoms. The summed E-state index contributed by atoms with van der Waals surface area (Å²) >= 11 is 0. The number of hydrogen-bond acceptors (Lipinski definition) is 2. The van der Waals surface area contributed by atoms with Gasteiger partial charge in [-0.05, 0) is 17.7 Å². The van der Waals surface area contributed by atoms with Gasteiger partial charge in [-0.1, -0.05) is 6.92 Å². The van der Waals surface area contributed by atoms with Gasteiger partial charge in [0.25, 0.3) is 0 Å². The summed E-state index contributed by atoms with van der Waals surface area (Å²) in [6.07, 6.45) is 5.97. The summed E-state index contributed by atoms with van der Waals surface area (Å²) in [6, 6.07) is 4.09. The van der Waals surface area contributed by atoms with Gasteiger partial charge in [0.1, 0.15) is 5.65 Å². The van der Waals surface area contributed by atoms with Crippen LogP contribution in [0, 0.1) is 5.92 Å². The van der Waals surface area contributed by atoms with Crippen molar-refractivity contribution in [3.8, 4) is 0 Å². The molecule has 0 amide bonds. The number of aromatic amines is 1. The van der Waals surface area contributed by atoms with Gasteiger partial charge in [0, 0.05) is 42.0 Å². The molecule has 76 valence electrons. The van der Waals surface area contributed by atoms with Crippen LogP contribution in [-0.2, 0) is 0 Å². The molecule has 3 heteroatoms. The predicted octanol–water partition coefficient (Wildman–Crippen LogP) is 2.14. The molecule has 15 heavy (non-hydrogen) atoms. The monoisotopic (exact) mass is 199 g/mol. The first kappa shape index (κ1) is 8.53. The quantitative estimate of drug-likeness (QED) is 0.738. The molecule has 0 aromatic carbocycles. The lowest BCUT2D eigenvalue weighted by Gasteiger charge is -2.05. The molecule has 0 bridgehead atoms. The summed E-state index contributed by atoms with van der Waals surface area (Å²) < 4.78 is 0. The fraction of sp³-hybridized carbons (Fsp3) is 0.250. The van der Waals surface area contributed by atoms with Crippen LogP contribution in [0.5, 0.6) is 0 Å². The van der Waals surface area contributed by atoms with Crippen LogP contribution in [0.1, 0.15) is 12.5 Å². The molecule has 0 saturated heterocycles. The number of aromatic nitrogens is 2. The topological polar surface area (TPSA) is 40.7 Å². The second-order valence-corrected chi connectivity index (χ2v) is 4.01. The summed E-state index contributed by atoms with van der Waals surface area (Å²) in [6.45, 7) is 3.27. The zero-order chi connectivity index (χ0) is 10.3. The van der Waals surface area contributed by atoms with Gasteiger partial charge >= 0.3 is 0 Å². The van der Waals surface area contributed by atoms with Gasteiger partial charge in [-0.3, -0.25) is 0 Å². The molecular weight excluding hydrogens is 186 g/mol. The minimum absolute atomic E-state index is 0.573. The third-order valence-corrected chi connectivity index (χ3v) is 2.97. The van der Waals surface area contributed by atoms with E-state index in [9.17, 15) is 0 Å². The Morgan fingerprint density at radius 2 is 2.40 bits per heavy atom. The van der Waals surface area contributed by atoms with Gasteiger partial charge in [0.2, 0.25) is 0 Å². The zero-order valence-corrected chi connectivity index (χ0v) is 8.62. The Morgan fingerprint density at radius 3 is 3.20 bits per heavy atom. The van der Waals surface area contributed by atoms with Gasteiger partial charge in [-0.2, -0.15) is 0 Å². The minimum atomic E-state index is 0.573. The first-order valence-electron chi connectivity index (χ1n) is 5.22. The first-order valence-corrected chi connectivity index (χ1v) is 5.22. The van der Waals surface area contributed by atoms with E-state index in [0.717, 1.165) is 12.2 Å². The molecule has 0 fully saturated rings. The molecule has 1 aliphatic rings. The normalized spacial score (nSPS) is 20.3. The second-order valence-electron chi connectivity index (χ2n) is 4.01. The molecule has 2 aromatic rings. The van der Waals surface area contributed by atoms with Crippen LogP contribution in [0.2, 0.25) is 0 Å². The summed E-state index contributed by atoms with van der Waals surface area (Å²) in [5, 5.41) is 4.49. The SMILES string of the molecule is C[C@H]1CNC=C1c1c[nH]c2ncccc12. The maximum Gasteiger partial charge on any atom is 0.137 e. The van der Waals surface area contributed by atoms with E-state index < -0.39 is 0 Å². The van der Waals surface area contributed by atoms with Crippen molar-refractivity contribution in [2.45, 2.75) is 6.92 Å². The Bertz CT molecular complexity index is 524. The standard InChI is InChI=1S/C12H13N3/c1-8-5-13-6-10(8)11-7-15-12-9(11)3-2-4-14-12/h2-4,6-8,13H,5H2,1H3,(H,14,15)/t8-/m0/s1. The Balaban J connectivity index is 2.19. The second kappa shape index (κ2) is 3.12. The Labute approximate surface area is 88.2 Å². The van der Waals surface area contributed by atoms with Crippen molar-refractivity contribution in [3.05, 3.63) is 36.3 Å². The molecule has 3 heterocycles. The van der Waals surface area contributed by atoms with Crippen molar-refractivity contribution >= 4 is 16.6 Å². The molecule has 3 nitrogen and oxygen atoms in total. The number of nitrogens with zero attached hydrogens (tertiary/aromatic N) is 1. The van der Waals surface area contributed by atoms with E-state index in [4.69, 9.17) is 0 Å². The van der Waals surface area contributed by atoms with E-state index in [-0.39, 0.29) is 0 Å². The number of hydrogen-bond donors (Lipinski definition) is 2. The lowest BCUT2D eigenvalue weighted by atomic mass is 9.97. The highest BCUT2D eigenvalue weighted by Crippen LogP contribution is 2.30. The van der Waals surface area contributed by atoms with Crippen LogP contribution >= 0.6 is 0 Å². The number of pyridine rings is 1. The number of fused-ring (bicyclic) bond motifs is 1. The number of nitrogens with one attached hydrogen (secondary N) is 2. The summed E-state index contributed by atoms with van der Waals surface area (Å²) in [5.41, 5.74) is 3.61. The molecule has 2 aromatic heterocycles. The van der Waals surface area contributed by atoms with Gasteiger partial charge < -0.3 is 10.3 Å². The molecule has 1 aliphatic heterocycles. The average molecular weight is 199 g/mol. The molecule has 1 atom stereocenters. The highest BCUT2D eigenvalue weighted by atomic mass is 14.9. The van der Waals surface area contributed by atoms with Crippen molar-refractivity contribution in [3.63, 3.8) is 0 Å². The Morgan fingerprint density at radius 1 is 1.47 bits per heavy atom. The van der Waals surface area contributed by atoms with Crippen LogP contribution in [-0.4, -0.2) is 16.5 Å². The Kier molecular flexibility index (Phi) is 1.78. The first-order chi connectivity index (χ1) is 7.36. The molecular formula is C12H13N3. The molecule has 0 aliphatic carbocycles. The van der Waals surface area contributed by atoms with E-state index in [1.165, 1.54) is 16.5 Å². The largest absolute Gasteiger partial charge is 0.390 e. The van der Waals surface area contributed by atoms with Crippen molar-refractivity contribution in [2.75, 3.05) is 6.54 Å². The smallest absolute Gasteiger partial charge is 0.137 e. The highest BCUT2D eigenvalue weighted by Gasteiger charge is 2.18. The van der Waals surface area contributed by atoms with E-state index >= 15 is 0 Å². The zero-order valence-electron chi connectivity index (χ0n) is 8.62. The third-order valence-electron chi connectivity index (χ3n) is 2.97. The minimum Gasteiger partial charge on any atom is -0.390 e. The van der Waals surface area contributed by atoms with E-state index in [1.807, 2.05) is 18.5 Å². The summed E-state index contributed by atoms with van der Waals surface area (Å²) in [5.74, 6) is 0.573. The average Bonchev–Trinajstić information content (AvgIpc) is 2.83.